The standard InChI is InChI=1S/C16H25N3O/c1-12(2)13(3)16(20)18-14-4-6-15(7-5-14)19-10-8-17-9-11-19/h4-7,12-13,17H,8-11H2,1-3H3,(H,18,20). The molecule has 0 spiro atoms. The SMILES string of the molecule is CC(C)C(C)C(=O)Nc1ccc(N2CCNCC2)cc1. The number of hydrogen-bond acceptors (Lipinski definition) is 3. The molecule has 1 unspecified atom stereocenters. The van der Waals surface area contributed by atoms with Gasteiger partial charge in [0, 0.05) is 43.5 Å². The molecule has 1 amide bonds. The molecule has 4 heteroatoms. The van der Waals surface area contributed by atoms with Gasteiger partial charge in [-0.15, -0.1) is 0 Å². The summed E-state index contributed by atoms with van der Waals surface area (Å²) in [7, 11) is 0. The molecule has 1 atom stereocenters. The summed E-state index contributed by atoms with van der Waals surface area (Å²) in [5, 5.41) is 6.33. The number of nitrogens with zero attached hydrogens (tertiary/aromatic N) is 1. The first-order chi connectivity index (χ1) is 9.58. The molecule has 0 saturated carbocycles. The van der Waals surface area contributed by atoms with Gasteiger partial charge >= 0.3 is 0 Å². The van der Waals surface area contributed by atoms with Crippen molar-refractivity contribution in [1.29, 1.82) is 0 Å². The van der Waals surface area contributed by atoms with Crippen LogP contribution >= 0.6 is 0 Å². The third-order valence-electron chi connectivity index (χ3n) is 4.03. The molecule has 1 aliphatic rings. The van der Waals surface area contributed by atoms with Crippen molar-refractivity contribution in [2.45, 2.75) is 20.8 Å². The lowest BCUT2D eigenvalue weighted by Crippen LogP contribution is -2.43. The summed E-state index contributed by atoms with van der Waals surface area (Å²) in [6.07, 6.45) is 0. The molecule has 1 saturated heterocycles. The molecule has 1 aliphatic heterocycles. The van der Waals surface area contributed by atoms with Crippen LogP contribution in [-0.2, 0) is 4.79 Å². The van der Waals surface area contributed by atoms with Gasteiger partial charge in [-0.3, -0.25) is 4.79 Å². The van der Waals surface area contributed by atoms with Gasteiger partial charge in [0.2, 0.25) is 5.91 Å². The summed E-state index contributed by atoms with van der Waals surface area (Å²) < 4.78 is 0. The van der Waals surface area contributed by atoms with E-state index >= 15 is 0 Å². The van der Waals surface area contributed by atoms with Crippen LogP contribution in [-0.4, -0.2) is 32.1 Å². The van der Waals surface area contributed by atoms with Gasteiger partial charge in [-0.1, -0.05) is 20.8 Å². The van der Waals surface area contributed by atoms with Gasteiger partial charge in [0.25, 0.3) is 0 Å². The highest BCUT2D eigenvalue weighted by molar-refractivity contribution is 5.92. The molecule has 0 aromatic heterocycles. The van der Waals surface area contributed by atoms with E-state index in [2.05, 4.69) is 41.5 Å². The number of rotatable bonds is 4. The van der Waals surface area contributed by atoms with Crippen molar-refractivity contribution in [3.8, 4) is 0 Å². The Morgan fingerprint density at radius 2 is 1.75 bits per heavy atom. The normalized spacial score (nSPS) is 17.1. The van der Waals surface area contributed by atoms with Crippen molar-refractivity contribution < 1.29 is 4.79 Å². The van der Waals surface area contributed by atoms with E-state index in [0.717, 1.165) is 31.9 Å². The number of nitrogens with one attached hydrogen (secondary N) is 2. The van der Waals surface area contributed by atoms with Crippen LogP contribution in [0.3, 0.4) is 0 Å². The number of carbonyl (C=O) groups is 1. The highest BCUT2D eigenvalue weighted by Crippen LogP contribution is 2.19. The van der Waals surface area contributed by atoms with Crippen molar-refractivity contribution in [2.24, 2.45) is 11.8 Å². The second kappa shape index (κ2) is 6.75. The first-order valence-electron chi connectivity index (χ1n) is 7.44. The molecule has 4 nitrogen and oxygen atoms in total. The molecule has 0 bridgehead atoms. The van der Waals surface area contributed by atoms with Crippen LogP contribution in [0.5, 0.6) is 0 Å². The Bertz CT molecular complexity index is 436. The van der Waals surface area contributed by atoms with E-state index in [0.29, 0.717) is 5.92 Å². The number of anilines is 2. The second-order valence-electron chi connectivity index (χ2n) is 5.81. The van der Waals surface area contributed by atoms with E-state index in [1.54, 1.807) is 0 Å². The molecule has 1 aromatic carbocycles. The zero-order valence-corrected chi connectivity index (χ0v) is 12.6. The summed E-state index contributed by atoms with van der Waals surface area (Å²) >= 11 is 0. The Morgan fingerprint density at radius 1 is 1.15 bits per heavy atom. The van der Waals surface area contributed by atoms with Gasteiger partial charge < -0.3 is 15.5 Å². The molecule has 1 fully saturated rings. The van der Waals surface area contributed by atoms with Gasteiger partial charge in [0.15, 0.2) is 0 Å². The fraction of sp³-hybridized carbons (Fsp3) is 0.562. The van der Waals surface area contributed by atoms with Crippen LogP contribution in [0.2, 0.25) is 0 Å². The van der Waals surface area contributed by atoms with E-state index in [-0.39, 0.29) is 11.8 Å². The first kappa shape index (κ1) is 14.9. The molecule has 20 heavy (non-hydrogen) atoms. The molecule has 110 valence electrons. The fourth-order valence-electron chi connectivity index (χ4n) is 2.24. The molecular formula is C16H25N3O. The van der Waals surface area contributed by atoms with Crippen LogP contribution in [0.15, 0.2) is 24.3 Å². The molecule has 0 radical (unpaired) electrons. The first-order valence-corrected chi connectivity index (χ1v) is 7.44. The smallest absolute Gasteiger partial charge is 0.227 e. The van der Waals surface area contributed by atoms with Gasteiger partial charge in [0.1, 0.15) is 0 Å². The number of hydrogen-bond donors (Lipinski definition) is 2. The van der Waals surface area contributed by atoms with E-state index < -0.39 is 0 Å². The summed E-state index contributed by atoms with van der Waals surface area (Å²) in [6, 6.07) is 8.15. The largest absolute Gasteiger partial charge is 0.369 e. The van der Waals surface area contributed by atoms with Gasteiger partial charge in [-0.25, -0.2) is 0 Å². The number of carbonyl (C=O) groups excluding carboxylic acids is 1. The van der Waals surface area contributed by atoms with Gasteiger partial charge in [-0.2, -0.15) is 0 Å². The van der Waals surface area contributed by atoms with Gasteiger partial charge in [0.05, 0.1) is 0 Å². The Kier molecular flexibility index (Phi) is 5.01. The molecule has 1 aromatic rings. The van der Waals surface area contributed by atoms with Crippen molar-refractivity contribution in [2.75, 3.05) is 36.4 Å². The van der Waals surface area contributed by atoms with Gasteiger partial charge in [-0.05, 0) is 30.2 Å². The summed E-state index contributed by atoms with van der Waals surface area (Å²) in [4.78, 5) is 14.4. The van der Waals surface area contributed by atoms with Crippen molar-refractivity contribution >= 4 is 17.3 Å². The van der Waals surface area contributed by atoms with Crippen LogP contribution in [0.25, 0.3) is 0 Å². The van der Waals surface area contributed by atoms with E-state index in [9.17, 15) is 4.79 Å². The predicted molar refractivity (Wildman–Crippen MR) is 84.2 cm³/mol. The highest BCUT2D eigenvalue weighted by atomic mass is 16.1. The van der Waals surface area contributed by atoms with Crippen LogP contribution in [0, 0.1) is 11.8 Å². The number of benzene rings is 1. The molecule has 2 N–H and O–H groups in total. The second-order valence-corrected chi connectivity index (χ2v) is 5.81. The topological polar surface area (TPSA) is 44.4 Å². The maximum absolute atomic E-state index is 12.0. The Balaban J connectivity index is 1.96. The van der Waals surface area contributed by atoms with Crippen molar-refractivity contribution in [3.63, 3.8) is 0 Å². The molecular weight excluding hydrogens is 250 g/mol. The summed E-state index contributed by atoms with van der Waals surface area (Å²) in [5.74, 6) is 0.480. The monoisotopic (exact) mass is 275 g/mol. The Labute approximate surface area is 121 Å². The average Bonchev–Trinajstić information content (AvgIpc) is 2.48. The minimum atomic E-state index is 0.0304. The lowest BCUT2D eigenvalue weighted by Gasteiger charge is -2.29. The van der Waals surface area contributed by atoms with E-state index in [1.165, 1.54) is 5.69 Å². The lowest BCUT2D eigenvalue weighted by atomic mass is 9.97. The third-order valence-corrected chi connectivity index (χ3v) is 4.03. The Hall–Kier alpha value is -1.55. The zero-order chi connectivity index (χ0) is 14.5. The average molecular weight is 275 g/mol. The summed E-state index contributed by atoms with van der Waals surface area (Å²) in [5.41, 5.74) is 2.10. The maximum Gasteiger partial charge on any atom is 0.227 e. The van der Waals surface area contributed by atoms with E-state index in [1.807, 2.05) is 19.1 Å². The minimum absolute atomic E-state index is 0.0304. The number of piperazine rings is 1. The fourth-order valence-corrected chi connectivity index (χ4v) is 2.24. The molecule has 0 aliphatic carbocycles. The number of amides is 1. The zero-order valence-electron chi connectivity index (χ0n) is 12.6. The quantitative estimate of drug-likeness (QED) is 0.886. The molecule has 2 rings (SSSR count). The highest BCUT2D eigenvalue weighted by Gasteiger charge is 2.16. The van der Waals surface area contributed by atoms with E-state index in [4.69, 9.17) is 0 Å². The predicted octanol–water partition coefficient (Wildman–Crippen LogP) is 2.33. The lowest BCUT2D eigenvalue weighted by molar-refractivity contribution is -0.120. The third kappa shape index (κ3) is 3.73. The molecule has 1 heterocycles. The van der Waals surface area contributed by atoms with Crippen LogP contribution < -0.4 is 15.5 Å². The van der Waals surface area contributed by atoms with Crippen molar-refractivity contribution in [3.05, 3.63) is 24.3 Å². The minimum Gasteiger partial charge on any atom is -0.369 e. The Morgan fingerprint density at radius 3 is 2.30 bits per heavy atom. The summed E-state index contributed by atoms with van der Waals surface area (Å²) in [6.45, 7) is 10.2. The van der Waals surface area contributed by atoms with Crippen molar-refractivity contribution in [1.82, 2.24) is 5.32 Å². The van der Waals surface area contributed by atoms with Crippen LogP contribution in [0.4, 0.5) is 11.4 Å². The van der Waals surface area contributed by atoms with Crippen LogP contribution in [0.1, 0.15) is 20.8 Å². The maximum atomic E-state index is 12.0.